The third-order valence-electron chi connectivity index (χ3n) is 7.36. The van der Waals surface area contributed by atoms with Crippen LogP contribution >= 0.6 is 11.8 Å². The van der Waals surface area contributed by atoms with Gasteiger partial charge in [0.1, 0.15) is 10.3 Å². The van der Waals surface area contributed by atoms with E-state index >= 15 is 0 Å². The Morgan fingerprint density at radius 2 is 1.82 bits per heavy atom. The molecule has 11 heteroatoms. The lowest BCUT2D eigenvalue weighted by Gasteiger charge is -2.34. The molecular weight excluding hydrogens is 514 g/mol. The number of likely N-dealkylation sites (N-methyl/N-ethyl adjacent to an activating group) is 1. The molecule has 200 valence electrons. The molecule has 0 saturated heterocycles. The highest BCUT2D eigenvalue weighted by Gasteiger charge is 2.47. The number of amides is 4. The van der Waals surface area contributed by atoms with Crippen LogP contribution in [0.15, 0.2) is 66.0 Å². The summed E-state index contributed by atoms with van der Waals surface area (Å²) in [7, 11) is 1.72. The number of thioether (sulfide) groups is 1. The first kappa shape index (κ1) is 25.3. The summed E-state index contributed by atoms with van der Waals surface area (Å²) in [6.45, 7) is 0.230. The molecule has 4 atom stereocenters. The number of carbonyl (C=O) groups is 3. The topological polar surface area (TPSA) is 128 Å². The Morgan fingerprint density at radius 1 is 1.05 bits per heavy atom. The van der Waals surface area contributed by atoms with Crippen molar-refractivity contribution in [2.75, 3.05) is 18.5 Å². The van der Waals surface area contributed by atoms with Crippen LogP contribution < -0.4 is 26.2 Å². The van der Waals surface area contributed by atoms with E-state index in [1.165, 1.54) is 11.8 Å². The lowest BCUT2D eigenvalue weighted by atomic mass is 9.99. The molecule has 39 heavy (non-hydrogen) atoms. The number of benzene rings is 1. The van der Waals surface area contributed by atoms with Crippen LogP contribution in [0, 0.1) is 0 Å². The molecule has 4 N–H and O–H groups in total. The molecule has 2 aliphatic heterocycles. The van der Waals surface area contributed by atoms with Crippen molar-refractivity contribution in [3.63, 3.8) is 0 Å². The second kappa shape index (κ2) is 10.7. The van der Waals surface area contributed by atoms with E-state index in [0.717, 1.165) is 41.1 Å². The summed E-state index contributed by atoms with van der Waals surface area (Å²) in [5, 5.41) is 12.2. The molecule has 4 amide bonds. The number of nitrogens with zero attached hydrogens (tertiary/aromatic N) is 3. The summed E-state index contributed by atoms with van der Waals surface area (Å²) >= 11 is 1.36. The molecule has 1 fully saturated rings. The number of hydrogen-bond donors (Lipinski definition) is 4. The van der Waals surface area contributed by atoms with Gasteiger partial charge in [0, 0.05) is 35.6 Å². The van der Waals surface area contributed by atoms with Crippen LogP contribution in [0.1, 0.15) is 30.9 Å². The molecule has 1 aliphatic carbocycles. The Labute approximate surface area is 230 Å². The summed E-state index contributed by atoms with van der Waals surface area (Å²) < 4.78 is 0. The highest BCUT2D eigenvalue weighted by Crippen LogP contribution is 2.50. The van der Waals surface area contributed by atoms with Crippen molar-refractivity contribution in [1.29, 1.82) is 0 Å². The molecule has 2 unspecified atom stereocenters. The minimum atomic E-state index is -0.564. The van der Waals surface area contributed by atoms with Gasteiger partial charge in [-0.1, -0.05) is 42.1 Å². The summed E-state index contributed by atoms with van der Waals surface area (Å²) in [6, 6.07) is 14.2. The predicted octanol–water partition coefficient (Wildman–Crippen LogP) is 2.89. The zero-order valence-electron chi connectivity index (χ0n) is 21.4. The average Bonchev–Trinajstić information content (AvgIpc) is 3.54. The van der Waals surface area contributed by atoms with Gasteiger partial charge < -0.3 is 21.3 Å². The number of pyridine rings is 2. The minimum Gasteiger partial charge on any atom is -0.350 e. The first-order valence-corrected chi connectivity index (χ1v) is 13.9. The lowest BCUT2D eigenvalue weighted by Crippen LogP contribution is -2.54. The molecule has 1 aromatic carbocycles. The number of urea groups is 1. The molecule has 3 aliphatic rings. The van der Waals surface area contributed by atoms with E-state index < -0.39 is 11.3 Å². The lowest BCUT2D eigenvalue weighted by molar-refractivity contribution is -0.123. The molecule has 4 heterocycles. The van der Waals surface area contributed by atoms with Crippen molar-refractivity contribution in [1.82, 2.24) is 31.2 Å². The molecule has 2 aromatic heterocycles. The van der Waals surface area contributed by atoms with Gasteiger partial charge in [-0.3, -0.25) is 19.5 Å². The van der Waals surface area contributed by atoms with E-state index in [9.17, 15) is 14.4 Å². The second-order valence-corrected chi connectivity index (χ2v) is 11.0. The average molecular weight is 544 g/mol. The van der Waals surface area contributed by atoms with Crippen LogP contribution in [0.4, 0.5) is 16.2 Å². The van der Waals surface area contributed by atoms with Gasteiger partial charge in [0.15, 0.2) is 0 Å². The zero-order chi connectivity index (χ0) is 26.9. The van der Waals surface area contributed by atoms with Gasteiger partial charge in [0.2, 0.25) is 11.8 Å². The Morgan fingerprint density at radius 3 is 2.62 bits per heavy atom. The Kier molecular flexibility index (Phi) is 6.92. The van der Waals surface area contributed by atoms with Crippen molar-refractivity contribution in [3.05, 3.63) is 66.5 Å². The maximum atomic E-state index is 13.5. The van der Waals surface area contributed by atoms with E-state index in [2.05, 4.69) is 31.2 Å². The van der Waals surface area contributed by atoms with Gasteiger partial charge in [-0.05, 0) is 44.5 Å². The number of anilines is 2. The predicted molar refractivity (Wildman–Crippen MR) is 149 cm³/mol. The van der Waals surface area contributed by atoms with Crippen LogP contribution in [-0.2, 0) is 9.59 Å². The number of rotatable bonds is 7. The van der Waals surface area contributed by atoms with E-state index in [1.807, 2.05) is 42.5 Å². The summed E-state index contributed by atoms with van der Waals surface area (Å²) in [6.07, 6.45) is 5.90. The Hall–Kier alpha value is -3.96. The fourth-order valence-corrected chi connectivity index (χ4v) is 6.83. The molecule has 0 spiro atoms. The maximum absolute atomic E-state index is 13.5. The van der Waals surface area contributed by atoms with Crippen LogP contribution in [0.25, 0.3) is 11.3 Å². The summed E-state index contributed by atoms with van der Waals surface area (Å²) in [5.74, 6) is -0.260. The van der Waals surface area contributed by atoms with Gasteiger partial charge in [-0.15, -0.1) is 0 Å². The summed E-state index contributed by atoms with van der Waals surface area (Å²) in [4.78, 5) is 49.8. The number of nitrogens with one attached hydrogen (secondary N) is 4. The van der Waals surface area contributed by atoms with Crippen molar-refractivity contribution in [2.45, 2.75) is 47.7 Å². The Bertz CT molecular complexity index is 1420. The second-order valence-electron chi connectivity index (χ2n) is 9.87. The van der Waals surface area contributed by atoms with Crippen LogP contribution in [0.2, 0.25) is 0 Å². The minimum absolute atomic E-state index is 0.0914. The third kappa shape index (κ3) is 4.83. The molecular formula is C28H29N7O3S. The van der Waals surface area contributed by atoms with E-state index in [-0.39, 0.29) is 36.5 Å². The molecule has 6 rings (SSSR count). The van der Waals surface area contributed by atoms with Gasteiger partial charge in [0.25, 0.3) is 0 Å². The van der Waals surface area contributed by atoms with Gasteiger partial charge in [0.05, 0.1) is 29.7 Å². The smallest absolute Gasteiger partial charge is 0.327 e. The highest BCUT2D eigenvalue weighted by atomic mass is 32.2. The van der Waals surface area contributed by atoms with Crippen molar-refractivity contribution >= 4 is 41.0 Å². The largest absolute Gasteiger partial charge is 0.350 e. The quantitative estimate of drug-likeness (QED) is 0.361. The first-order chi connectivity index (χ1) is 19.0. The number of carbonyl (C=O) groups excluding carboxylic acids is 3. The molecule has 3 aromatic rings. The SMILES string of the molecule is CNCC(=O)N[C@@H]1CCC[C@@H]1NC(=O)C1Sc2nccc3c2C1NC(=O)N3c1ccnc(-c2ccccc2)c1. The highest BCUT2D eigenvalue weighted by molar-refractivity contribution is 8.01. The Balaban J connectivity index is 1.24. The van der Waals surface area contributed by atoms with Crippen LogP contribution in [-0.4, -0.2) is 58.7 Å². The van der Waals surface area contributed by atoms with E-state index in [4.69, 9.17) is 0 Å². The molecule has 0 bridgehead atoms. The maximum Gasteiger partial charge on any atom is 0.327 e. The van der Waals surface area contributed by atoms with Gasteiger partial charge >= 0.3 is 6.03 Å². The number of hydrogen-bond acceptors (Lipinski definition) is 7. The van der Waals surface area contributed by atoms with Gasteiger partial charge in [-0.2, -0.15) is 0 Å². The zero-order valence-corrected chi connectivity index (χ0v) is 22.2. The number of aromatic nitrogens is 2. The first-order valence-electron chi connectivity index (χ1n) is 13.1. The van der Waals surface area contributed by atoms with E-state index in [1.54, 1.807) is 30.4 Å². The van der Waals surface area contributed by atoms with Gasteiger partial charge in [-0.25, -0.2) is 9.78 Å². The van der Waals surface area contributed by atoms with E-state index in [0.29, 0.717) is 11.4 Å². The normalized spacial score (nSPS) is 23.2. The fourth-order valence-electron chi connectivity index (χ4n) is 5.60. The fraction of sp³-hybridized carbons (Fsp3) is 0.321. The van der Waals surface area contributed by atoms with Crippen molar-refractivity contribution in [2.24, 2.45) is 0 Å². The standard InChI is InChI=1S/C28H29N7O3S/c1-29-15-22(36)32-18-8-5-9-19(18)33-26(37)25-24-23-21(11-13-31-27(23)39-25)35(28(38)34-24)17-10-12-30-20(14-17)16-6-3-2-4-7-16/h2-4,6-7,10-14,18-19,24-25,29H,5,8-9,15H2,1H3,(H,32,36)(H,33,37)(H,34,38)/t18-,19+,24?,25?/m1/s1. The molecule has 1 saturated carbocycles. The van der Waals surface area contributed by atoms with Crippen LogP contribution in [0.5, 0.6) is 0 Å². The summed E-state index contributed by atoms with van der Waals surface area (Å²) in [5.41, 5.74) is 3.94. The third-order valence-corrected chi connectivity index (χ3v) is 8.65. The molecule has 10 nitrogen and oxygen atoms in total. The molecule has 0 radical (unpaired) electrons. The van der Waals surface area contributed by atoms with Crippen LogP contribution in [0.3, 0.4) is 0 Å². The monoisotopic (exact) mass is 543 g/mol. The van der Waals surface area contributed by atoms with Crippen molar-refractivity contribution in [3.8, 4) is 11.3 Å². The van der Waals surface area contributed by atoms with Crippen molar-refractivity contribution < 1.29 is 14.4 Å².